The number of benzene rings is 3. The van der Waals surface area contributed by atoms with Crippen molar-refractivity contribution in [3.8, 4) is 5.75 Å². The third kappa shape index (κ3) is 4.41. The van der Waals surface area contributed by atoms with Gasteiger partial charge in [0, 0.05) is 40.6 Å². The molecule has 0 aliphatic carbocycles. The highest BCUT2D eigenvalue weighted by atomic mass is 16.5. The van der Waals surface area contributed by atoms with E-state index in [1.54, 1.807) is 31.4 Å². The van der Waals surface area contributed by atoms with Gasteiger partial charge >= 0.3 is 0 Å². The molecule has 0 spiro atoms. The number of anilines is 2. The maximum Gasteiger partial charge on any atom is 0.255 e. The summed E-state index contributed by atoms with van der Waals surface area (Å²) in [5, 5.41) is 7.61. The lowest BCUT2D eigenvalue weighted by atomic mass is 10.1. The highest BCUT2D eigenvalue weighted by molar-refractivity contribution is 6.04. The van der Waals surface area contributed by atoms with Crippen molar-refractivity contribution in [2.75, 3.05) is 24.3 Å². The van der Waals surface area contributed by atoms with E-state index in [0.29, 0.717) is 5.56 Å². The average molecular weight is 385 g/mol. The maximum absolute atomic E-state index is 12.3. The van der Waals surface area contributed by atoms with Gasteiger partial charge in [0.1, 0.15) is 5.75 Å². The zero-order chi connectivity index (χ0) is 20.1. The molecule has 1 heterocycles. The maximum atomic E-state index is 12.3. The van der Waals surface area contributed by atoms with Crippen LogP contribution in [-0.2, 0) is 6.42 Å². The first-order chi connectivity index (χ1) is 14.2. The molecule has 0 radical (unpaired) electrons. The number of carbonyl (C=O) groups is 1. The quantitative estimate of drug-likeness (QED) is 0.415. The highest BCUT2D eigenvalue weighted by Gasteiger charge is 2.06. The Hall–Kier alpha value is -3.73. The van der Waals surface area contributed by atoms with Crippen LogP contribution in [0.2, 0.25) is 0 Å². The minimum absolute atomic E-state index is 0.146. The number of rotatable bonds is 7. The van der Waals surface area contributed by atoms with Gasteiger partial charge < -0.3 is 20.4 Å². The summed E-state index contributed by atoms with van der Waals surface area (Å²) in [4.78, 5) is 15.6. The molecular weight excluding hydrogens is 362 g/mol. The van der Waals surface area contributed by atoms with Crippen LogP contribution in [0.3, 0.4) is 0 Å². The molecule has 3 N–H and O–H groups in total. The minimum Gasteiger partial charge on any atom is -0.497 e. The van der Waals surface area contributed by atoms with E-state index in [-0.39, 0.29) is 5.91 Å². The predicted molar refractivity (Wildman–Crippen MR) is 118 cm³/mol. The van der Waals surface area contributed by atoms with Gasteiger partial charge in [0.25, 0.3) is 5.91 Å². The van der Waals surface area contributed by atoms with Crippen LogP contribution < -0.4 is 15.4 Å². The molecule has 146 valence electrons. The van der Waals surface area contributed by atoms with Crippen molar-refractivity contribution in [3.63, 3.8) is 0 Å². The van der Waals surface area contributed by atoms with Crippen molar-refractivity contribution < 1.29 is 9.53 Å². The summed E-state index contributed by atoms with van der Waals surface area (Å²) in [6.07, 6.45) is 3.00. The van der Waals surface area contributed by atoms with Gasteiger partial charge in [-0.05, 0) is 66.6 Å². The second-order valence-corrected chi connectivity index (χ2v) is 6.80. The molecule has 0 fully saturated rings. The number of H-pyrrole nitrogens is 1. The number of nitrogens with one attached hydrogen (secondary N) is 3. The smallest absolute Gasteiger partial charge is 0.255 e. The number of aromatic nitrogens is 1. The number of amides is 1. The van der Waals surface area contributed by atoms with E-state index in [1.807, 2.05) is 30.3 Å². The van der Waals surface area contributed by atoms with Crippen molar-refractivity contribution >= 4 is 28.2 Å². The van der Waals surface area contributed by atoms with Crippen LogP contribution in [0.1, 0.15) is 15.9 Å². The molecule has 1 amide bonds. The van der Waals surface area contributed by atoms with Crippen LogP contribution >= 0.6 is 0 Å². The van der Waals surface area contributed by atoms with E-state index in [9.17, 15) is 4.79 Å². The van der Waals surface area contributed by atoms with E-state index in [0.717, 1.165) is 30.1 Å². The van der Waals surface area contributed by atoms with E-state index >= 15 is 0 Å². The molecule has 3 aromatic carbocycles. The van der Waals surface area contributed by atoms with E-state index in [1.165, 1.54) is 16.5 Å². The second kappa shape index (κ2) is 8.52. The van der Waals surface area contributed by atoms with Crippen LogP contribution in [0.4, 0.5) is 11.4 Å². The normalized spacial score (nSPS) is 10.7. The first-order valence-electron chi connectivity index (χ1n) is 9.57. The zero-order valence-electron chi connectivity index (χ0n) is 16.2. The monoisotopic (exact) mass is 385 g/mol. The number of hydrogen-bond acceptors (Lipinski definition) is 3. The first kappa shape index (κ1) is 18.6. The number of methoxy groups -OCH3 is 1. The standard InChI is InChI=1S/C24H23N3O2/c1-29-21-12-6-17(7-13-21)24(28)27-20-10-8-19(9-11-20)25-15-14-18-16-26-23-5-3-2-4-22(18)23/h2-13,16,25-26H,14-15H2,1H3,(H,27,28). The molecule has 0 atom stereocenters. The minimum atomic E-state index is -0.146. The van der Waals surface area contributed by atoms with Crippen molar-refractivity contribution in [1.82, 2.24) is 4.98 Å². The van der Waals surface area contributed by atoms with Gasteiger partial charge in [0.15, 0.2) is 0 Å². The molecule has 1 aromatic heterocycles. The summed E-state index contributed by atoms with van der Waals surface area (Å²) in [7, 11) is 1.60. The van der Waals surface area contributed by atoms with Crippen molar-refractivity contribution in [2.45, 2.75) is 6.42 Å². The fourth-order valence-corrected chi connectivity index (χ4v) is 3.30. The third-order valence-corrected chi connectivity index (χ3v) is 4.89. The molecule has 0 unspecified atom stereocenters. The molecule has 4 rings (SSSR count). The summed E-state index contributed by atoms with van der Waals surface area (Å²) < 4.78 is 5.12. The Balaban J connectivity index is 1.31. The summed E-state index contributed by atoms with van der Waals surface area (Å²) in [6.45, 7) is 0.833. The number of ether oxygens (including phenoxy) is 1. The van der Waals surface area contributed by atoms with Gasteiger partial charge in [-0.25, -0.2) is 0 Å². The number of hydrogen-bond donors (Lipinski definition) is 3. The molecule has 5 heteroatoms. The molecule has 0 saturated heterocycles. The third-order valence-electron chi connectivity index (χ3n) is 4.89. The summed E-state index contributed by atoms with van der Waals surface area (Å²) in [5.41, 5.74) is 4.84. The molecule has 5 nitrogen and oxygen atoms in total. The van der Waals surface area contributed by atoms with E-state index in [2.05, 4.69) is 40.0 Å². The van der Waals surface area contributed by atoms with Gasteiger partial charge in [-0.15, -0.1) is 0 Å². The van der Waals surface area contributed by atoms with E-state index in [4.69, 9.17) is 4.74 Å². The van der Waals surface area contributed by atoms with Crippen LogP contribution in [-0.4, -0.2) is 24.5 Å². The Kier molecular flexibility index (Phi) is 5.47. The molecule has 29 heavy (non-hydrogen) atoms. The second-order valence-electron chi connectivity index (χ2n) is 6.80. The molecule has 0 bridgehead atoms. The van der Waals surface area contributed by atoms with Gasteiger partial charge in [-0.1, -0.05) is 18.2 Å². The Morgan fingerprint density at radius 3 is 2.41 bits per heavy atom. The highest BCUT2D eigenvalue weighted by Crippen LogP contribution is 2.19. The predicted octanol–water partition coefficient (Wildman–Crippen LogP) is 5.08. The Morgan fingerprint density at radius 1 is 0.931 bits per heavy atom. The fraction of sp³-hybridized carbons (Fsp3) is 0.125. The SMILES string of the molecule is COc1ccc(C(=O)Nc2ccc(NCCc3c[nH]c4ccccc34)cc2)cc1. The number of fused-ring (bicyclic) bond motifs is 1. The molecule has 0 aliphatic rings. The Bertz CT molecular complexity index is 1100. The first-order valence-corrected chi connectivity index (χ1v) is 9.57. The van der Waals surface area contributed by atoms with Crippen molar-refractivity contribution in [3.05, 3.63) is 90.1 Å². The Labute approximate surface area is 169 Å². The number of para-hydroxylation sites is 1. The average Bonchev–Trinajstić information content (AvgIpc) is 3.18. The van der Waals surface area contributed by atoms with Gasteiger partial charge in [-0.2, -0.15) is 0 Å². The summed E-state index contributed by atoms with van der Waals surface area (Å²) in [5.74, 6) is 0.581. The van der Waals surface area contributed by atoms with Crippen LogP contribution in [0, 0.1) is 0 Å². The van der Waals surface area contributed by atoms with Crippen molar-refractivity contribution in [2.24, 2.45) is 0 Å². The molecule has 4 aromatic rings. The van der Waals surface area contributed by atoms with Crippen molar-refractivity contribution in [1.29, 1.82) is 0 Å². The zero-order valence-corrected chi connectivity index (χ0v) is 16.2. The van der Waals surface area contributed by atoms with Gasteiger partial charge in [0.05, 0.1) is 7.11 Å². The topological polar surface area (TPSA) is 66.2 Å². The van der Waals surface area contributed by atoms with Gasteiger partial charge in [0.2, 0.25) is 0 Å². The molecule has 0 saturated carbocycles. The molecular formula is C24H23N3O2. The number of aromatic amines is 1. The van der Waals surface area contributed by atoms with Crippen LogP contribution in [0.15, 0.2) is 79.0 Å². The largest absolute Gasteiger partial charge is 0.497 e. The lowest BCUT2D eigenvalue weighted by Crippen LogP contribution is -2.11. The number of carbonyl (C=O) groups excluding carboxylic acids is 1. The summed E-state index contributed by atoms with van der Waals surface area (Å²) in [6, 6.07) is 23.1. The van der Waals surface area contributed by atoms with E-state index < -0.39 is 0 Å². The fourth-order valence-electron chi connectivity index (χ4n) is 3.30. The lowest BCUT2D eigenvalue weighted by molar-refractivity contribution is 0.102. The summed E-state index contributed by atoms with van der Waals surface area (Å²) >= 11 is 0. The van der Waals surface area contributed by atoms with Crippen LogP contribution in [0.5, 0.6) is 5.75 Å². The van der Waals surface area contributed by atoms with Crippen LogP contribution in [0.25, 0.3) is 10.9 Å². The molecule has 0 aliphatic heterocycles. The lowest BCUT2D eigenvalue weighted by Gasteiger charge is -2.09. The Morgan fingerprint density at radius 2 is 1.66 bits per heavy atom. The van der Waals surface area contributed by atoms with Gasteiger partial charge in [-0.3, -0.25) is 4.79 Å².